The normalized spacial score (nSPS) is 17.3. The lowest BCUT2D eigenvalue weighted by molar-refractivity contribution is -0.140. The van der Waals surface area contributed by atoms with Crippen molar-refractivity contribution in [1.82, 2.24) is 4.90 Å². The van der Waals surface area contributed by atoms with Gasteiger partial charge in [0, 0.05) is 5.56 Å². The van der Waals surface area contributed by atoms with E-state index in [1.54, 1.807) is 54.6 Å². The monoisotopic (exact) mass is 449 g/mol. The summed E-state index contributed by atoms with van der Waals surface area (Å²) in [4.78, 5) is 27.6. The minimum Gasteiger partial charge on any atom is -0.507 e. The molecule has 1 N–H and O–H groups in total. The fourth-order valence-corrected chi connectivity index (χ4v) is 3.91. The molecule has 0 spiro atoms. The molecule has 2 aromatic carbocycles. The number of aliphatic hydroxyl groups excluding tert-OH is 1. The highest BCUT2D eigenvalue weighted by Crippen LogP contribution is 2.42. The van der Waals surface area contributed by atoms with Gasteiger partial charge in [0.05, 0.1) is 45.8 Å². The van der Waals surface area contributed by atoms with Crippen LogP contribution in [0.1, 0.15) is 22.9 Å². The Morgan fingerprint density at radius 1 is 0.970 bits per heavy atom. The maximum absolute atomic E-state index is 13.1. The van der Waals surface area contributed by atoms with Crippen molar-refractivity contribution in [1.29, 1.82) is 0 Å². The number of carbonyl (C=O) groups excluding carboxylic acids is 2. The summed E-state index contributed by atoms with van der Waals surface area (Å²) in [6, 6.07) is 14.3. The second-order valence-corrected chi connectivity index (χ2v) is 7.35. The first kappa shape index (κ1) is 22.0. The number of likely N-dealkylation sites (tertiary alicyclic amines) is 1. The zero-order chi connectivity index (χ0) is 23.5. The Bertz CT molecular complexity index is 1210. The number of ketones is 1. The van der Waals surface area contributed by atoms with E-state index in [0.29, 0.717) is 34.1 Å². The van der Waals surface area contributed by atoms with Crippen LogP contribution in [-0.4, -0.2) is 43.0 Å². The lowest BCUT2D eigenvalue weighted by Crippen LogP contribution is -2.29. The molecule has 8 heteroatoms. The van der Waals surface area contributed by atoms with Crippen LogP contribution in [-0.2, 0) is 16.1 Å². The summed E-state index contributed by atoms with van der Waals surface area (Å²) >= 11 is 0. The van der Waals surface area contributed by atoms with Crippen LogP contribution >= 0.6 is 0 Å². The number of methoxy groups -OCH3 is 3. The molecular formula is C25H23NO7. The predicted molar refractivity (Wildman–Crippen MR) is 119 cm³/mol. The summed E-state index contributed by atoms with van der Waals surface area (Å²) < 4.78 is 21.4. The molecule has 2 heterocycles. The maximum Gasteiger partial charge on any atom is 0.296 e. The Morgan fingerprint density at radius 3 is 2.42 bits per heavy atom. The highest BCUT2D eigenvalue weighted by atomic mass is 16.5. The van der Waals surface area contributed by atoms with E-state index in [0.717, 1.165) is 0 Å². The molecule has 0 saturated carbocycles. The minimum atomic E-state index is -0.874. The number of hydrogen-bond donors (Lipinski definition) is 1. The molecule has 1 amide bonds. The highest BCUT2D eigenvalue weighted by molar-refractivity contribution is 6.46. The quantitative estimate of drug-likeness (QED) is 0.332. The van der Waals surface area contributed by atoms with Crippen LogP contribution in [0.4, 0.5) is 0 Å². The smallest absolute Gasteiger partial charge is 0.296 e. The third kappa shape index (κ3) is 4.03. The van der Waals surface area contributed by atoms with Crippen molar-refractivity contribution in [2.24, 2.45) is 0 Å². The SMILES string of the molecule is COc1cccc(/C(O)=C2/C(=O)C(=O)N(Cc3ccco3)C2c2ccc(OC)c(OC)c2)c1. The van der Waals surface area contributed by atoms with E-state index in [2.05, 4.69) is 0 Å². The van der Waals surface area contributed by atoms with Gasteiger partial charge in [0.1, 0.15) is 17.3 Å². The van der Waals surface area contributed by atoms with Gasteiger partial charge in [-0.25, -0.2) is 0 Å². The number of Topliss-reactive ketones (excluding diaryl/α,β-unsaturated/α-hetero) is 1. The molecule has 1 aliphatic rings. The first-order chi connectivity index (χ1) is 16.0. The van der Waals surface area contributed by atoms with Crippen LogP contribution in [0, 0.1) is 0 Å². The van der Waals surface area contributed by atoms with Gasteiger partial charge in [0.2, 0.25) is 0 Å². The number of benzene rings is 2. The van der Waals surface area contributed by atoms with Crippen LogP contribution in [0.2, 0.25) is 0 Å². The van der Waals surface area contributed by atoms with Crippen LogP contribution in [0.15, 0.2) is 70.9 Å². The number of nitrogens with zero attached hydrogens (tertiary/aromatic N) is 1. The average Bonchev–Trinajstić information content (AvgIpc) is 3.45. The van der Waals surface area contributed by atoms with E-state index < -0.39 is 17.7 Å². The van der Waals surface area contributed by atoms with Crippen LogP contribution in [0.5, 0.6) is 17.2 Å². The third-order valence-electron chi connectivity index (χ3n) is 5.51. The van der Waals surface area contributed by atoms with Crippen LogP contribution < -0.4 is 14.2 Å². The third-order valence-corrected chi connectivity index (χ3v) is 5.51. The van der Waals surface area contributed by atoms with Crippen LogP contribution in [0.25, 0.3) is 5.76 Å². The van der Waals surface area contributed by atoms with Crippen molar-refractivity contribution >= 4 is 17.4 Å². The summed E-state index contributed by atoms with van der Waals surface area (Å²) in [5.74, 6) is 0.110. The number of ether oxygens (including phenoxy) is 3. The average molecular weight is 449 g/mol. The zero-order valence-corrected chi connectivity index (χ0v) is 18.4. The lowest BCUT2D eigenvalue weighted by Gasteiger charge is -2.25. The fraction of sp³-hybridized carbons (Fsp3) is 0.200. The largest absolute Gasteiger partial charge is 0.507 e. The van der Waals surface area contributed by atoms with E-state index in [9.17, 15) is 14.7 Å². The van der Waals surface area contributed by atoms with Crippen LogP contribution in [0.3, 0.4) is 0 Å². The number of carbonyl (C=O) groups is 2. The molecule has 170 valence electrons. The number of rotatable bonds is 7. The van der Waals surface area contributed by atoms with Gasteiger partial charge in [-0.05, 0) is 42.0 Å². The van der Waals surface area contributed by atoms with Crippen molar-refractivity contribution in [2.45, 2.75) is 12.6 Å². The minimum absolute atomic E-state index is 0.0352. The molecule has 3 aromatic rings. The topological polar surface area (TPSA) is 98.4 Å². The summed E-state index contributed by atoms with van der Waals surface area (Å²) in [6.07, 6.45) is 1.49. The zero-order valence-electron chi connectivity index (χ0n) is 18.4. The number of amides is 1. The Labute approximate surface area is 190 Å². The summed E-state index contributed by atoms with van der Waals surface area (Å²) in [7, 11) is 4.52. The number of hydrogen-bond acceptors (Lipinski definition) is 7. The maximum atomic E-state index is 13.1. The van der Waals surface area contributed by atoms with Crippen molar-refractivity contribution in [3.63, 3.8) is 0 Å². The molecule has 33 heavy (non-hydrogen) atoms. The van der Waals surface area contributed by atoms with Gasteiger partial charge in [0.25, 0.3) is 11.7 Å². The molecular weight excluding hydrogens is 426 g/mol. The predicted octanol–water partition coefficient (Wildman–Crippen LogP) is 3.93. The molecule has 0 bridgehead atoms. The van der Waals surface area contributed by atoms with Gasteiger partial charge >= 0.3 is 0 Å². The summed E-state index contributed by atoms with van der Waals surface area (Å²) in [5, 5.41) is 11.2. The molecule has 1 aliphatic heterocycles. The van der Waals surface area contributed by atoms with Gasteiger partial charge in [-0.3, -0.25) is 9.59 Å². The summed E-state index contributed by atoms with van der Waals surface area (Å²) in [5.41, 5.74) is 0.894. The van der Waals surface area contributed by atoms with E-state index >= 15 is 0 Å². The molecule has 4 rings (SSSR count). The Kier molecular flexibility index (Phi) is 6.08. The first-order valence-corrected chi connectivity index (χ1v) is 10.2. The molecule has 8 nitrogen and oxygen atoms in total. The van der Waals surface area contributed by atoms with E-state index in [1.165, 1.54) is 32.5 Å². The van der Waals surface area contributed by atoms with Gasteiger partial charge in [-0.1, -0.05) is 18.2 Å². The Balaban J connectivity index is 1.90. The first-order valence-electron chi connectivity index (χ1n) is 10.2. The van der Waals surface area contributed by atoms with E-state index in [1.807, 2.05) is 0 Å². The van der Waals surface area contributed by atoms with Gasteiger partial charge < -0.3 is 28.6 Å². The van der Waals surface area contributed by atoms with E-state index in [-0.39, 0.29) is 17.9 Å². The van der Waals surface area contributed by atoms with Gasteiger partial charge in [0.15, 0.2) is 11.5 Å². The van der Waals surface area contributed by atoms with Crippen molar-refractivity contribution in [3.05, 3.63) is 83.3 Å². The van der Waals surface area contributed by atoms with Crippen molar-refractivity contribution in [3.8, 4) is 17.2 Å². The molecule has 1 saturated heterocycles. The van der Waals surface area contributed by atoms with Crippen molar-refractivity contribution in [2.75, 3.05) is 21.3 Å². The lowest BCUT2D eigenvalue weighted by atomic mass is 9.95. The molecule has 0 radical (unpaired) electrons. The van der Waals surface area contributed by atoms with Gasteiger partial charge in [-0.15, -0.1) is 0 Å². The second kappa shape index (κ2) is 9.12. The van der Waals surface area contributed by atoms with E-state index in [4.69, 9.17) is 18.6 Å². The Morgan fingerprint density at radius 2 is 1.76 bits per heavy atom. The molecule has 1 unspecified atom stereocenters. The molecule has 1 aromatic heterocycles. The summed E-state index contributed by atoms with van der Waals surface area (Å²) in [6.45, 7) is 0.0471. The second-order valence-electron chi connectivity index (χ2n) is 7.35. The standard InChI is InChI=1S/C25H23NO7/c1-30-17-7-4-6-16(12-17)23(27)21-22(15-9-10-19(31-2)20(13-15)32-3)26(25(29)24(21)28)14-18-8-5-11-33-18/h4-13,22,27H,14H2,1-3H3/b23-21-. The molecule has 1 atom stereocenters. The fourth-order valence-electron chi connectivity index (χ4n) is 3.91. The number of furan rings is 1. The Hall–Kier alpha value is -4.20. The number of aliphatic hydroxyl groups is 1. The molecule has 0 aliphatic carbocycles. The van der Waals surface area contributed by atoms with Gasteiger partial charge in [-0.2, -0.15) is 0 Å². The molecule has 1 fully saturated rings. The highest BCUT2D eigenvalue weighted by Gasteiger charge is 2.46. The van der Waals surface area contributed by atoms with Crippen molar-refractivity contribution < 1.29 is 33.3 Å².